The minimum atomic E-state index is 0.643. The second-order valence-electron chi connectivity index (χ2n) is 5.85. The maximum absolute atomic E-state index is 4.57. The van der Waals surface area contributed by atoms with Gasteiger partial charge in [0.1, 0.15) is 12.1 Å². The van der Waals surface area contributed by atoms with E-state index in [1.807, 2.05) is 36.4 Å². The van der Waals surface area contributed by atoms with E-state index in [1.165, 1.54) is 0 Å². The molecular formula is C21H17BrN4. The van der Waals surface area contributed by atoms with E-state index in [0.29, 0.717) is 6.54 Å². The van der Waals surface area contributed by atoms with Crippen molar-refractivity contribution in [1.82, 2.24) is 14.5 Å². The Hall–Kier alpha value is -2.92. The van der Waals surface area contributed by atoms with Crippen LogP contribution in [0.5, 0.6) is 0 Å². The van der Waals surface area contributed by atoms with E-state index in [9.17, 15) is 0 Å². The quantitative estimate of drug-likeness (QED) is 0.449. The molecule has 4 nitrogen and oxygen atoms in total. The van der Waals surface area contributed by atoms with Gasteiger partial charge in [-0.3, -0.25) is 0 Å². The smallest absolute Gasteiger partial charge is 0.150 e. The number of nitrogens with zero attached hydrogens (tertiary/aromatic N) is 3. The number of hydrogen-bond acceptors (Lipinski definition) is 3. The van der Waals surface area contributed by atoms with Crippen LogP contribution in [0, 0.1) is 0 Å². The number of anilines is 1. The molecule has 1 N–H and O–H groups in total. The first-order valence-corrected chi connectivity index (χ1v) is 9.09. The molecule has 0 aliphatic carbocycles. The normalized spacial score (nSPS) is 10.8. The summed E-state index contributed by atoms with van der Waals surface area (Å²) < 4.78 is 3.15. The summed E-state index contributed by atoms with van der Waals surface area (Å²) >= 11 is 3.50. The molecule has 0 aliphatic rings. The van der Waals surface area contributed by atoms with E-state index in [-0.39, 0.29) is 0 Å². The van der Waals surface area contributed by atoms with Crippen LogP contribution in [0.2, 0.25) is 0 Å². The molecule has 0 radical (unpaired) electrons. The van der Waals surface area contributed by atoms with Crippen molar-refractivity contribution in [3.05, 3.63) is 84.2 Å². The van der Waals surface area contributed by atoms with E-state index in [1.54, 1.807) is 6.33 Å². The Kier molecular flexibility index (Phi) is 4.54. The highest BCUT2D eigenvalue weighted by Crippen LogP contribution is 2.35. The molecule has 128 valence electrons. The third-order valence-electron chi connectivity index (χ3n) is 4.19. The first-order valence-electron chi connectivity index (χ1n) is 8.30. The van der Waals surface area contributed by atoms with E-state index < -0.39 is 0 Å². The third kappa shape index (κ3) is 3.02. The number of fused-ring (bicyclic) bond motifs is 1. The average molecular weight is 405 g/mol. The van der Waals surface area contributed by atoms with E-state index in [2.05, 4.69) is 72.8 Å². The Morgan fingerprint density at radius 1 is 1.04 bits per heavy atom. The van der Waals surface area contributed by atoms with Gasteiger partial charge in [0, 0.05) is 28.5 Å². The highest BCUT2D eigenvalue weighted by molar-refractivity contribution is 9.10. The molecule has 4 rings (SSSR count). The Balaban J connectivity index is 1.99. The minimum Gasteiger partial charge on any atom is -0.366 e. The van der Waals surface area contributed by atoms with Gasteiger partial charge < -0.3 is 9.88 Å². The first-order chi connectivity index (χ1) is 12.8. The van der Waals surface area contributed by atoms with Crippen molar-refractivity contribution >= 4 is 32.8 Å². The van der Waals surface area contributed by atoms with Gasteiger partial charge in [-0.25, -0.2) is 9.97 Å². The number of halogens is 1. The van der Waals surface area contributed by atoms with Crippen LogP contribution in [0.1, 0.15) is 0 Å². The number of hydrogen-bond donors (Lipinski definition) is 1. The Labute approximate surface area is 160 Å². The molecule has 0 spiro atoms. The maximum atomic E-state index is 4.57. The van der Waals surface area contributed by atoms with Crippen molar-refractivity contribution in [1.29, 1.82) is 0 Å². The molecule has 0 amide bonds. The van der Waals surface area contributed by atoms with Crippen LogP contribution < -0.4 is 5.32 Å². The van der Waals surface area contributed by atoms with Crippen LogP contribution in [-0.2, 0) is 0 Å². The lowest BCUT2D eigenvalue weighted by atomic mass is 10.1. The van der Waals surface area contributed by atoms with Gasteiger partial charge in [-0.1, -0.05) is 52.3 Å². The standard InChI is InChI=1S/C21H17BrN4/c1-2-12-23-20-19-18(15-6-4-3-5-7-15)13-26(21(19)25-14-24-20)17-10-8-16(22)9-11-17/h2-11,13-14H,1,12H2,(H,23,24,25). The summed E-state index contributed by atoms with van der Waals surface area (Å²) in [5, 5.41) is 4.33. The highest BCUT2D eigenvalue weighted by atomic mass is 79.9. The lowest BCUT2D eigenvalue weighted by molar-refractivity contribution is 1.07. The highest BCUT2D eigenvalue weighted by Gasteiger charge is 2.16. The number of benzene rings is 2. The van der Waals surface area contributed by atoms with Gasteiger partial charge in [-0.2, -0.15) is 0 Å². The predicted molar refractivity (Wildman–Crippen MR) is 111 cm³/mol. The Morgan fingerprint density at radius 2 is 1.81 bits per heavy atom. The van der Waals surface area contributed by atoms with Crippen LogP contribution in [0.3, 0.4) is 0 Å². The molecule has 0 fully saturated rings. The molecule has 2 heterocycles. The van der Waals surface area contributed by atoms with Crippen LogP contribution in [0.4, 0.5) is 5.82 Å². The topological polar surface area (TPSA) is 42.7 Å². The minimum absolute atomic E-state index is 0.643. The van der Waals surface area contributed by atoms with Crippen LogP contribution in [0.25, 0.3) is 27.8 Å². The molecule has 0 saturated carbocycles. The maximum Gasteiger partial charge on any atom is 0.150 e. The van der Waals surface area contributed by atoms with Gasteiger partial charge in [0.2, 0.25) is 0 Å². The van der Waals surface area contributed by atoms with Gasteiger partial charge in [0.15, 0.2) is 5.65 Å². The zero-order valence-corrected chi connectivity index (χ0v) is 15.6. The molecule has 5 heteroatoms. The Bertz CT molecular complexity index is 1050. The lowest BCUT2D eigenvalue weighted by Crippen LogP contribution is -2.02. The summed E-state index contributed by atoms with van der Waals surface area (Å²) in [4.78, 5) is 9.03. The largest absolute Gasteiger partial charge is 0.366 e. The summed E-state index contributed by atoms with van der Waals surface area (Å²) in [5.41, 5.74) is 4.14. The molecule has 0 aliphatic heterocycles. The molecule has 2 aromatic heterocycles. The van der Waals surface area contributed by atoms with E-state index in [0.717, 1.165) is 38.1 Å². The van der Waals surface area contributed by atoms with E-state index in [4.69, 9.17) is 0 Å². The van der Waals surface area contributed by atoms with Gasteiger partial charge in [-0.15, -0.1) is 6.58 Å². The Morgan fingerprint density at radius 3 is 2.54 bits per heavy atom. The van der Waals surface area contributed by atoms with Crippen molar-refractivity contribution in [2.75, 3.05) is 11.9 Å². The summed E-state index contributed by atoms with van der Waals surface area (Å²) in [6.07, 6.45) is 5.54. The SMILES string of the molecule is C=CCNc1ncnc2c1c(-c1ccccc1)cn2-c1ccc(Br)cc1. The third-order valence-corrected chi connectivity index (χ3v) is 4.72. The molecule has 0 atom stereocenters. The fourth-order valence-corrected chi connectivity index (χ4v) is 3.26. The molecular weight excluding hydrogens is 388 g/mol. The second kappa shape index (κ2) is 7.14. The summed E-state index contributed by atoms with van der Waals surface area (Å²) in [6.45, 7) is 4.42. The van der Waals surface area contributed by atoms with Crippen molar-refractivity contribution in [3.63, 3.8) is 0 Å². The molecule has 26 heavy (non-hydrogen) atoms. The number of aromatic nitrogens is 3. The molecule has 0 bridgehead atoms. The van der Waals surface area contributed by atoms with Crippen molar-refractivity contribution in [2.45, 2.75) is 0 Å². The van der Waals surface area contributed by atoms with Crippen molar-refractivity contribution < 1.29 is 0 Å². The summed E-state index contributed by atoms with van der Waals surface area (Å²) in [5.74, 6) is 0.810. The number of rotatable bonds is 5. The van der Waals surface area contributed by atoms with Gasteiger partial charge in [0.05, 0.1) is 5.39 Å². The van der Waals surface area contributed by atoms with Gasteiger partial charge in [-0.05, 0) is 29.8 Å². The zero-order chi connectivity index (χ0) is 17.9. The number of nitrogens with one attached hydrogen (secondary N) is 1. The fourth-order valence-electron chi connectivity index (χ4n) is 3.00. The summed E-state index contributed by atoms with van der Waals surface area (Å²) in [6, 6.07) is 18.5. The first kappa shape index (κ1) is 16.5. The van der Waals surface area contributed by atoms with Crippen molar-refractivity contribution in [3.8, 4) is 16.8 Å². The van der Waals surface area contributed by atoms with Gasteiger partial charge in [0.25, 0.3) is 0 Å². The van der Waals surface area contributed by atoms with Crippen LogP contribution >= 0.6 is 15.9 Å². The van der Waals surface area contributed by atoms with E-state index >= 15 is 0 Å². The second-order valence-corrected chi connectivity index (χ2v) is 6.76. The van der Waals surface area contributed by atoms with Crippen LogP contribution in [0.15, 0.2) is 84.2 Å². The fraction of sp³-hybridized carbons (Fsp3) is 0.0476. The average Bonchev–Trinajstić information content (AvgIpc) is 3.08. The van der Waals surface area contributed by atoms with Crippen molar-refractivity contribution in [2.24, 2.45) is 0 Å². The molecule has 0 unspecified atom stereocenters. The zero-order valence-electron chi connectivity index (χ0n) is 14.1. The summed E-state index contributed by atoms with van der Waals surface area (Å²) in [7, 11) is 0. The lowest BCUT2D eigenvalue weighted by Gasteiger charge is -2.07. The molecule has 0 saturated heterocycles. The van der Waals surface area contributed by atoms with Crippen LogP contribution in [-0.4, -0.2) is 21.1 Å². The molecule has 4 aromatic rings. The molecule has 2 aromatic carbocycles. The van der Waals surface area contributed by atoms with Gasteiger partial charge >= 0.3 is 0 Å². The predicted octanol–water partition coefficient (Wildman–Crippen LogP) is 5.45. The monoisotopic (exact) mass is 404 g/mol.